The lowest BCUT2D eigenvalue weighted by Crippen LogP contribution is -2.13. The number of carboxylic acid groups (broad SMARTS) is 1. The Hall–Kier alpha value is -1.84. The van der Waals surface area contributed by atoms with E-state index in [0.29, 0.717) is 17.5 Å². The van der Waals surface area contributed by atoms with Crippen molar-refractivity contribution >= 4 is 17.0 Å². The monoisotopic (exact) mass is 246 g/mol. The molecule has 1 aromatic carbocycles. The lowest BCUT2D eigenvalue weighted by atomic mass is 10.1. The van der Waals surface area contributed by atoms with E-state index >= 15 is 0 Å². The number of carbonyl (C=O) groups is 1. The average Bonchev–Trinajstić information content (AvgIpc) is 2.62. The number of aromatic carboxylic acids is 1. The molecule has 1 N–H and O–H groups in total. The topological polar surface area (TPSA) is 55.1 Å². The molecule has 18 heavy (non-hydrogen) atoms. The van der Waals surface area contributed by atoms with Gasteiger partial charge < -0.3 is 9.67 Å². The summed E-state index contributed by atoms with van der Waals surface area (Å²) < 4.78 is 2.12. The Balaban J connectivity index is 2.67. The molecule has 4 nitrogen and oxygen atoms in total. The fraction of sp³-hybridized carbons (Fsp3) is 0.429. The van der Waals surface area contributed by atoms with Gasteiger partial charge in [0.25, 0.3) is 0 Å². The van der Waals surface area contributed by atoms with Gasteiger partial charge in [0.1, 0.15) is 5.82 Å². The lowest BCUT2D eigenvalue weighted by Gasteiger charge is -2.20. The molecule has 0 aliphatic heterocycles. The molecule has 1 heterocycles. The van der Waals surface area contributed by atoms with E-state index in [4.69, 9.17) is 5.11 Å². The standard InChI is InChI=1S/C14H18N2O2/c1-8(2)9(3)16-10(4)15-12-6-5-11(14(17)18)7-13(12)16/h5-9H,1-4H3,(H,17,18). The number of rotatable bonds is 3. The van der Waals surface area contributed by atoms with E-state index in [1.165, 1.54) is 0 Å². The van der Waals surface area contributed by atoms with Crippen molar-refractivity contribution in [3.8, 4) is 0 Å². The minimum absolute atomic E-state index is 0.291. The first kappa shape index (κ1) is 12.6. The van der Waals surface area contributed by atoms with Gasteiger partial charge >= 0.3 is 5.97 Å². The summed E-state index contributed by atoms with van der Waals surface area (Å²) in [5, 5.41) is 9.06. The molecule has 0 aliphatic rings. The Morgan fingerprint density at radius 1 is 1.33 bits per heavy atom. The van der Waals surface area contributed by atoms with Crippen LogP contribution in [0, 0.1) is 12.8 Å². The highest BCUT2D eigenvalue weighted by molar-refractivity contribution is 5.92. The number of carboxylic acids is 1. The van der Waals surface area contributed by atoms with Gasteiger partial charge in [-0.05, 0) is 38.0 Å². The van der Waals surface area contributed by atoms with E-state index in [-0.39, 0.29) is 0 Å². The van der Waals surface area contributed by atoms with Crippen LogP contribution in [0.25, 0.3) is 11.0 Å². The van der Waals surface area contributed by atoms with Crippen LogP contribution in [0.1, 0.15) is 43.0 Å². The molecule has 2 aromatic rings. The Bertz CT molecular complexity index is 599. The first-order valence-corrected chi connectivity index (χ1v) is 6.13. The van der Waals surface area contributed by atoms with Gasteiger partial charge in [-0.1, -0.05) is 13.8 Å². The molecule has 0 saturated heterocycles. The van der Waals surface area contributed by atoms with E-state index in [1.807, 2.05) is 6.92 Å². The molecule has 96 valence electrons. The van der Waals surface area contributed by atoms with Gasteiger partial charge in [0.2, 0.25) is 0 Å². The first-order valence-electron chi connectivity index (χ1n) is 6.13. The van der Waals surface area contributed by atoms with Crippen LogP contribution < -0.4 is 0 Å². The maximum Gasteiger partial charge on any atom is 0.335 e. The van der Waals surface area contributed by atoms with Crippen molar-refractivity contribution in [1.82, 2.24) is 9.55 Å². The second-order valence-electron chi connectivity index (χ2n) is 5.02. The summed E-state index contributed by atoms with van der Waals surface area (Å²) in [7, 11) is 0. The van der Waals surface area contributed by atoms with Gasteiger partial charge in [-0.2, -0.15) is 0 Å². The van der Waals surface area contributed by atoms with E-state index in [0.717, 1.165) is 16.9 Å². The number of nitrogens with zero attached hydrogens (tertiary/aromatic N) is 2. The number of fused-ring (bicyclic) bond motifs is 1. The molecule has 0 radical (unpaired) electrons. The van der Waals surface area contributed by atoms with Crippen LogP contribution in [-0.2, 0) is 0 Å². The van der Waals surface area contributed by atoms with Crippen molar-refractivity contribution in [3.63, 3.8) is 0 Å². The average molecular weight is 246 g/mol. The van der Waals surface area contributed by atoms with Crippen LogP contribution in [0.4, 0.5) is 0 Å². The molecule has 0 aliphatic carbocycles. The Morgan fingerprint density at radius 3 is 2.56 bits per heavy atom. The Kier molecular flexibility index (Phi) is 3.11. The smallest absolute Gasteiger partial charge is 0.335 e. The van der Waals surface area contributed by atoms with E-state index in [1.54, 1.807) is 18.2 Å². The molecular formula is C14H18N2O2. The molecule has 0 amide bonds. The fourth-order valence-electron chi connectivity index (χ4n) is 2.16. The summed E-state index contributed by atoms with van der Waals surface area (Å²) in [4.78, 5) is 15.5. The van der Waals surface area contributed by atoms with Crippen molar-refractivity contribution in [2.45, 2.75) is 33.7 Å². The van der Waals surface area contributed by atoms with E-state index < -0.39 is 5.97 Å². The molecule has 2 rings (SSSR count). The Morgan fingerprint density at radius 2 is 2.00 bits per heavy atom. The number of imidazole rings is 1. The third kappa shape index (κ3) is 1.98. The van der Waals surface area contributed by atoms with Crippen molar-refractivity contribution in [1.29, 1.82) is 0 Å². The zero-order chi connectivity index (χ0) is 13.4. The largest absolute Gasteiger partial charge is 0.478 e. The van der Waals surface area contributed by atoms with Gasteiger partial charge in [0.15, 0.2) is 0 Å². The summed E-state index contributed by atoms with van der Waals surface area (Å²) in [6.45, 7) is 8.39. The number of hydrogen-bond donors (Lipinski definition) is 1. The molecule has 1 aromatic heterocycles. The van der Waals surface area contributed by atoms with Crippen LogP contribution >= 0.6 is 0 Å². The third-order valence-corrected chi connectivity index (χ3v) is 3.48. The fourth-order valence-corrected chi connectivity index (χ4v) is 2.16. The van der Waals surface area contributed by atoms with Gasteiger partial charge in [-0.25, -0.2) is 9.78 Å². The second kappa shape index (κ2) is 4.44. The quantitative estimate of drug-likeness (QED) is 0.904. The molecule has 0 bridgehead atoms. The zero-order valence-corrected chi connectivity index (χ0v) is 11.1. The van der Waals surface area contributed by atoms with Crippen molar-refractivity contribution in [2.24, 2.45) is 5.92 Å². The minimum atomic E-state index is -0.903. The first-order chi connectivity index (χ1) is 8.41. The second-order valence-corrected chi connectivity index (χ2v) is 5.02. The maximum absolute atomic E-state index is 11.0. The highest BCUT2D eigenvalue weighted by Crippen LogP contribution is 2.26. The van der Waals surface area contributed by atoms with Crippen LogP contribution in [-0.4, -0.2) is 20.6 Å². The maximum atomic E-state index is 11.0. The lowest BCUT2D eigenvalue weighted by molar-refractivity contribution is 0.0697. The predicted molar refractivity (Wildman–Crippen MR) is 71.0 cm³/mol. The zero-order valence-electron chi connectivity index (χ0n) is 11.1. The number of aryl methyl sites for hydroxylation is 1. The highest BCUT2D eigenvalue weighted by Gasteiger charge is 2.17. The molecule has 1 atom stereocenters. The number of hydrogen-bond acceptors (Lipinski definition) is 2. The summed E-state index contributed by atoms with van der Waals surface area (Å²) >= 11 is 0. The Labute approximate surface area is 106 Å². The summed E-state index contributed by atoms with van der Waals surface area (Å²) in [5.41, 5.74) is 2.05. The summed E-state index contributed by atoms with van der Waals surface area (Å²) in [6, 6.07) is 5.37. The normalized spacial score (nSPS) is 13.2. The molecule has 0 fully saturated rings. The van der Waals surface area contributed by atoms with Crippen LogP contribution in [0.15, 0.2) is 18.2 Å². The number of benzene rings is 1. The minimum Gasteiger partial charge on any atom is -0.478 e. The third-order valence-electron chi connectivity index (χ3n) is 3.48. The van der Waals surface area contributed by atoms with Crippen LogP contribution in [0.5, 0.6) is 0 Å². The highest BCUT2D eigenvalue weighted by atomic mass is 16.4. The van der Waals surface area contributed by atoms with Crippen LogP contribution in [0.3, 0.4) is 0 Å². The summed E-state index contributed by atoms with van der Waals surface area (Å²) in [5.74, 6) is 0.489. The van der Waals surface area contributed by atoms with Gasteiger partial charge in [0.05, 0.1) is 16.6 Å². The molecule has 1 unspecified atom stereocenters. The molecular weight excluding hydrogens is 228 g/mol. The van der Waals surface area contributed by atoms with Gasteiger partial charge in [-0.3, -0.25) is 0 Å². The predicted octanol–water partition coefficient (Wildman–Crippen LogP) is 3.26. The van der Waals surface area contributed by atoms with Crippen molar-refractivity contribution < 1.29 is 9.90 Å². The number of aromatic nitrogens is 2. The molecule has 4 heteroatoms. The van der Waals surface area contributed by atoms with Crippen LogP contribution in [0.2, 0.25) is 0 Å². The van der Waals surface area contributed by atoms with Crippen molar-refractivity contribution in [3.05, 3.63) is 29.6 Å². The van der Waals surface area contributed by atoms with Crippen molar-refractivity contribution in [2.75, 3.05) is 0 Å². The molecule has 0 spiro atoms. The molecule has 0 saturated carbocycles. The summed E-state index contributed by atoms with van der Waals surface area (Å²) in [6.07, 6.45) is 0. The van der Waals surface area contributed by atoms with Gasteiger partial charge in [0, 0.05) is 6.04 Å². The van der Waals surface area contributed by atoms with E-state index in [2.05, 4.69) is 30.3 Å². The van der Waals surface area contributed by atoms with E-state index in [9.17, 15) is 4.79 Å². The van der Waals surface area contributed by atoms with Gasteiger partial charge in [-0.15, -0.1) is 0 Å². The SMILES string of the molecule is Cc1nc2ccc(C(=O)O)cc2n1C(C)C(C)C.